The van der Waals surface area contributed by atoms with Gasteiger partial charge in [-0.05, 0) is 69.4 Å². The Morgan fingerprint density at radius 3 is 2.77 bits per heavy atom. The summed E-state index contributed by atoms with van der Waals surface area (Å²) < 4.78 is 22.4. The Labute approximate surface area is 182 Å². The van der Waals surface area contributed by atoms with Crippen molar-refractivity contribution in [2.24, 2.45) is 0 Å². The molecule has 0 fully saturated rings. The van der Waals surface area contributed by atoms with E-state index >= 15 is 0 Å². The highest BCUT2D eigenvalue weighted by Gasteiger charge is 2.43. The number of rotatable bonds is 3. The van der Waals surface area contributed by atoms with Gasteiger partial charge in [-0.15, -0.1) is 0 Å². The van der Waals surface area contributed by atoms with Crippen molar-refractivity contribution in [2.75, 3.05) is 6.54 Å². The molecule has 0 amide bonds. The van der Waals surface area contributed by atoms with Crippen molar-refractivity contribution in [3.8, 4) is 11.5 Å². The fourth-order valence-electron chi connectivity index (χ4n) is 5.05. The van der Waals surface area contributed by atoms with Gasteiger partial charge in [-0.25, -0.2) is 4.39 Å². The van der Waals surface area contributed by atoms with Crippen LogP contribution in [0.2, 0.25) is 0 Å². The van der Waals surface area contributed by atoms with Crippen molar-refractivity contribution in [3.05, 3.63) is 82.4 Å². The predicted octanol–water partition coefficient (Wildman–Crippen LogP) is 6.40. The molecular weight excluding hydrogens is 389 g/mol. The number of allylic oxidation sites excluding steroid dienone is 4. The minimum absolute atomic E-state index is 0.0784. The van der Waals surface area contributed by atoms with E-state index in [0.717, 1.165) is 42.7 Å². The molecule has 0 spiro atoms. The maximum Gasteiger partial charge on any atom is 0.209 e. The number of halogens is 1. The lowest BCUT2D eigenvalue weighted by Gasteiger charge is -2.26. The summed E-state index contributed by atoms with van der Waals surface area (Å²) in [5.41, 5.74) is 6.73. The van der Waals surface area contributed by atoms with Crippen molar-refractivity contribution < 1.29 is 18.8 Å². The minimum atomic E-state index is -0.623. The number of aromatic hydroxyl groups is 1. The van der Waals surface area contributed by atoms with Crippen LogP contribution in [-0.2, 0) is 5.41 Å². The first kappa shape index (κ1) is 19.8. The first-order valence-electron chi connectivity index (χ1n) is 11.0. The Morgan fingerprint density at radius 2 is 1.97 bits per heavy atom. The molecule has 158 valence electrons. The smallest absolute Gasteiger partial charge is 0.209 e. The van der Waals surface area contributed by atoms with Gasteiger partial charge in [0.05, 0.1) is 5.41 Å². The molecule has 2 aliphatic heterocycles. The zero-order valence-corrected chi connectivity index (χ0v) is 18.2. The third kappa shape index (κ3) is 3.13. The Morgan fingerprint density at radius 1 is 1.16 bits per heavy atom. The summed E-state index contributed by atoms with van der Waals surface area (Å²) in [7, 11) is 0. The van der Waals surface area contributed by atoms with Crippen molar-refractivity contribution in [3.63, 3.8) is 0 Å². The highest BCUT2D eigenvalue weighted by atomic mass is 19.1. The van der Waals surface area contributed by atoms with Crippen LogP contribution in [0.5, 0.6) is 11.5 Å². The Bertz CT molecular complexity index is 1210. The molecule has 3 nitrogen and oxygen atoms in total. The molecule has 0 radical (unpaired) electrons. The summed E-state index contributed by atoms with van der Waals surface area (Å²) in [6.45, 7) is 7.64. The van der Waals surface area contributed by atoms with E-state index in [-0.39, 0.29) is 11.2 Å². The second-order valence-electron chi connectivity index (χ2n) is 8.93. The number of nitrogens with zero attached hydrogens (tertiary/aromatic N) is 1. The van der Waals surface area contributed by atoms with Gasteiger partial charge in [-0.2, -0.15) is 4.58 Å². The van der Waals surface area contributed by atoms with Crippen molar-refractivity contribution >= 4 is 17.5 Å². The molecule has 2 heterocycles. The van der Waals surface area contributed by atoms with Crippen LogP contribution in [0.1, 0.15) is 51.2 Å². The number of hydrogen-bond acceptors (Lipinski definition) is 2. The van der Waals surface area contributed by atoms with Gasteiger partial charge in [0.25, 0.3) is 0 Å². The van der Waals surface area contributed by atoms with Crippen molar-refractivity contribution in [2.45, 2.75) is 45.4 Å². The van der Waals surface area contributed by atoms with E-state index in [9.17, 15) is 9.50 Å². The molecule has 4 heteroatoms. The topological polar surface area (TPSA) is 32.5 Å². The largest absolute Gasteiger partial charge is 0.505 e. The van der Waals surface area contributed by atoms with Crippen LogP contribution < -0.4 is 4.74 Å². The SMILES string of the molecule is CC[N+]1=C(/C=C/C2=C3Oc4cc(O)c(F)cc4C=C3CCC2)C(C)(C)c2ccccc21. The molecule has 1 aliphatic carbocycles. The van der Waals surface area contributed by atoms with Gasteiger partial charge in [0.2, 0.25) is 5.69 Å². The van der Waals surface area contributed by atoms with E-state index in [1.54, 1.807) is 0 Å². The fraction of sp³-hybridized carbons (Fsp3) is 0.296. The molecule has 1 N–H and O–H groups in total. The van der Waals surface area contributed by atoms with E-state index in [0.29, 0.717) is 11.3 Å². The van der Waals surface area contributed by atoms with Crippen LogP contribution in [0, 0.1) is 5.82 Å². The average Bonchev–Trinajstić information content (AvgIpc) is 2.98. The summed E-state index contributed by atoms with van der Waals surface area (Å²) in [5.74, 6) is 0.338. The summed E-state index contributed by atoms with van der Waals surface area (Å²) in [6.07, 6.45) is 9.27. The van der Waals surface area contributed by atoms with E-state index in [4.69, 9.17) is 4.74 Å². The maximum atomic E-state index is 13.8. The van der Waals surface area contributed by atoms with Gasteiger partial charge < -0.3 is 9.84 Å². The highest BCUT2D eigenvalue weighted by molar-refractivity contribution is 6.03. The average molecular weight is 417 g/mol. The molecule has 31 heavy (non-hydrogen) atoms. The first-order valence-corrected chi connectivity index (χ1v) is 11.0. The lowest BCUT2D eigenvalue weighted by Crippen LogP contribution is -2.27. The monoisotopic (exact) mass is 416 g/mol. The Kier molecular flexibility index (Phi) is 4.62. The molecular formula is C27H27FNO2+. The van der Waals surface area contributed by atoms with Crippen molar-refractivity contribution in [1.82, 2.24) is 0 Å². The molecule has 0 bridgehead atoms. The quantitative estimate of drug-likeness (QED) is 0.588. The summed E-state index contributed by atoms with van der Waals surface area (Å²) >= 11 is 0. The third-order valence-electron chi connectivity index (χ3n) is 6.65. The summed E-state index contributed by atoms with van der Waals surface area (Å²) in [6, 6.07) is 11.3. The van der Waals surface area contributed by atoms with Gasteiger partial charge in [0.1, 0.15) is 18.1 Å². The lowest BCUT2D eigenvalue weighted by atomic mass is 9.81. The van der Waals surface area contributed by atoms with E-state index in [1.807, 2.05) is 6.08 Å². The van der Waals surface area contributed by atoms with Crippen LogP contribution in [-0.4, -0.2) is 21.9 Å². The first-order chi connectivity index (χ1) is 14.9. The minimum Gasteiger partial charge on any atom is -0.505 e. The van der Waals surface area contributed by atoms with Crippen LogP contribution in [0.4, 0.5) is 10.1 Å². The normalized spacial score (nSPS) is 19.2. The number of phenolic OH excluding ortho intramolecular Hbond substituents is 1. The van der Waals surface area contributed by atoms with Gasteiger partial charge in [-0.1, -0.05) is 18.2 Å². The highest BCUT2D eigenvalue weighted by Crippen LogP contribution is 2.43. The Hall–Kier alpha value is -3.14. The van der Waals surface area contributed by atoms with E-state index in [2.05, 4.69) is 61.8 Å². The van der Waals surface area contributed by atoms with Crippen LogP contribution in [0.25, 0.3) is 6.08 Å². The molecule has 5 rings (SSSR count). The summed E-state index contributed by atoms with van der Waals surface area (Å²) in [4.78, 5) is 0. The maximum absolute atomic E-state index is 13.8. The lowest BCUT2D eigenvalue weighted by molar-refractivity contribution is -0.433. The fourth-order valence-corrected chi connectivity index (χ4v) is 5.05. The molecule has 2 aromatic rings. The van der Waals surface area contributed by atoms with Gasteiger partial charge in [0, 0.05) is 29.3 Å². The van der Waals surface area contributed by atoms with Gasteiger partial charge >= 0.3 is 0 Å². The second kappa shape index (κ2) is 7.23. The predicted molar refractivity (Wildman–Crippen MR) is 122 cm³/mol. The van der Waals surface area contributed by atoms with E-state index < -0.39 is 5.82 Å². The van der Waals surface area contributed by atoms with Crippen LogP contribution >= 0.6 is 0 Å². The molecule has 0 saturated carbocycles. The third-order valence-corrected chi connectivity index (χ3v) is 6.65. The number of fused-ring (bicyclic) bond motifs is 3. The number of hydrogen-bond donors (Lipinski definition) is 1. The summed E-state index contributed by atoms with van der Waals surface area (Å²) in [5, 5.41) is 9.77. The van der Waals surface area contributed by atoms with Crippen LogP contribution in [0.15, 0.2) is 65.5 Å². The molecule has 0 unspecified atom stereocenters. The zero-order chi connectivity index (χ0) is 21.8. The van der Waals surface area contributed by atoms with Gasteiger partial charge in [-0.3, -0.25) is 0 Å². The van der Waals surface area contributed by atoms with Crippen LogP contribution in [0.3, 0.4) is 0 Å². The number of phenols is 1. The molecule has 2 aromatic carbocycles. The molecule has 3 aliphatic rings. The molecule has 0 atom stereocenters. The second-order valence-corrected chi connectivity index (χ2v) is 8.93. The van der Waals surface area contributed by atoms with Gasteiger partial charge in [0.15, 0.2) is 17.3 Å². The Balaban J connectivity index is 1.56. The number of ether oxygens (including phenoxy) is 1. The van der Waals surface area contributed by atoms with E-state index in [1.165, 1.54) is 29.1 Å². The molecule has 0 saturated heterocycles. The number of benzene rings is 2. The standard InChI is InChI=1S/C27H26FNO2/c1-4-29-22-11-6-5-10-20(22)27(2,3)25(29)13-12-17-8-7-9-18-14-19-15-21(28)23(30)16-24(19)31-26(17)18/h5-6,10-16H,4,7-9H2,1-3H3/p+1. The zero-order valence-electron chi connectivity index (χ0n) is 18.2. The number of para-hydroxylation sites is 1. The van der Waals surface area contributed by atoms with Crippen molar-refractivity contribution in [1.29, 1.82) is 0 Å². The molecule has 0 aromatic heterocycles.